The summed E-state index contributed by atoms with van der Waals surface area (Å²) in [6.07, 6.45) is 12.9. The molecule has 3 atom stereocenters. The molecule has 2 amide bonds. The van der Waals surface area contributed by atoms with E-state index in [9.17, 15) is 9.18 Å². The Morgan fingerprint density at radius 2 is 2.03 bits per heavy atom. The van der Waals surface area contributed by atoms with Crippen LogP contribution in [0.4, 0.5) is 9.18 Å². The summed E-state index contributed by atoms with van der Waals surface area (Å²) in [6.45, 7) is 6.38. The van der Waals surface area contributed by atoms with E-state index in [-0.39, 0.29) is 23.3 Å². The highest BCUT2D eigenvalue weighted by Crippen LogP contribution is 2.54. The SMILES string of the molecule is CCCC(C[C@H]1CCC2=Cc3c(cnn3-c3ccc(F)cc3)C[C@@]21C)NC(=O)N1CCCC1. The second-order valence-electron chi connectivity index (χ2n) is 10.3. The van der Waals surface area contributed by atoms with Gasteiger partial charge in [-0.25, -0.2) is 13.9 Å². The van der Waals surface area contributed by atoms with Crippen molar-refractivity contribution in [2.75, 3.05) is 13.1 Å². The molecule has 1 saturated carbocycles. The maximum atomic E-state index is 13.4. The highest BCUT2D eigenvalue weighted by atomic mass is 19.1. The maximum absolute atomic E-state index is 13.4. The van der Waals surface area contributed by atoms with Gasteiger partial charge in [-0.15, -0.1) is 0 Å². The molecule has 33 heavy (non-hydrogen) atoms. The van der Waals surface area contributed by atoms with E-state index in [2.05, 4.69) is 30.3 Å². The molecule has 0 bridgehead atoms. The Labute approximate surface area is 196 Å². The molecule has 3 aliphatic rings. The number of halogens is 1. The van der Waals surface area contributed by atoms with Crippen molar-refractivity contribution in [3.05, 3.63) is 53.1 Å². The van der Waals surface area contributed by atoms with Gasteiger partial charge in [-0.1, -0.05) is 25.8 Å². The minimum atomic E-state index is -0.234. The lowest BCUT2D eigenvalue weighted by Gasteiger charge is -2.38. The van der Waals surface area contributed by atoms with Gasteiger partial charge < -0.3 is 10.2 Å². The standard InChI is InChI=1S/C27H35FN4O/c1-3-6-23(30-26(33)31-13-4-5-14-31)15-20-7-8-21-16-25-19(17-27(20,21)2)18-29-32(25)24-11-9-22(28)10-12-24/h9-12,16,18,20,23H,3-8,13-15,17H2,1-2H3,(H,30,33)/t20-,23?,27-/m1/s1. The third kappa shape index (κ3) is 4.20. The van der Waals surface area contributed by atoms with Crippen LogP contribution < -0.4 is 5.32 Å². The van der Waals surface area contributed by atoms with Gasteiger partial charge >= 0.3 is 6.03 Å². The first-order valence-corrected chi connectivity index (χ1v) is 12.6. The van der Waals surface area contributed by atoms with Crippen LogP contribution in [-0.2, 0) is 6.42 Å². The fourth-order valence-corrected chi connectivity index (χ4v) is 6.23. The zero-order valence-electron chi connectivity index (χ0n) is 19.8. The van der Waals surface area contributed by atoms with E-state index in [1.165, 1.54) is 23.3 Å². The molecule has 1 aromatic heterocycles. The van der Waals surface area contributed by atoms with Gasteiger partial charge in [0, 0.05) is 19.1 Å². The average Bonchev–Trinajstić information content (AvgIpc) is 3.53. The van der Waals surface area contributed by atoms with Gasteiger partial charge in [0.25, 0.3) is 0 Å². The number of aromatic nitrogens is 2. The van der Waals surface area contributed by atoms with Crippen molar-refractivity contribution in [2.45, 2.75) is 71.3 Å². The van der Waals surface area contributed by atoms with Crippen molar-refractivity contribution in [3.63, 3.8) is 0 Å². The Kier molecular flexibility index (Phi) is 6.02. The fraction of sp³-hybridized carbons (Fsp3) is 0.556. The third-order valence-corrected chi connectivity index (χ3v) is 8.15. The minimum absolute atomic E-state index is 0.105. The molecule has 2 aromatic rings. The Morgan fingerprint density at radius 3 is 2.76 bits per heavy atom. The molecule has 2 fully saturated rings. The summed E-state index contributed by atoms with van der Waals surface area (Å²) >= 11 is 0. The van der Waals surface area contributed by atoms with Crippen LogP contribution in [0.15, 0.2) is 36.0 Å². The topological polar surface area (TPSA) is 50.2 Å². The molecule has 1 N–H and O–H groups in total. The molecule has 1 saturated heterocycles. The molecule has 1 unspecified atom stereocenters. The molecule has 6 heteroatoms. The molecule has 2 heterocycles. The van der Waals surface area contributed by atoms with Crippen molar-refractivity contribution in [3.8, 4) is 5.69 Å². The largest absolute Gasteiger partial charge is 0.335 e. The molecule has 1 aromatic carbocycles. The predicted molar refractivity (Wildman–Crippen MR) is 129 cm³/mol. The number of carbonyl (C=O) groups excluding carboxylic acids is 1. The summed E-state index contributed by atoms with van der Waals surface area (Å²) in [6, 6.07) is 6.89. The predicted octanol–water partition coefficient (Wildman–Crippen LogP) is 5.73. The lowest BCUT2D eigenvalue weighted by Crippen LogP contribution is -2.45. The summed E-state index contributed by atoms with van der Waals surface area (Å²) in [7, 11) is 0. The van der Waals surface area contributed by atoms with Crippen LogP contribution in [0, 0.1) is 17.2 Å². The van der Waals surface area contributed by atoms with E-state index in [1.807, 2.05) is 15.8 Å². The summed E-state index contributed by atoms with van der Waals surface area (Å²) in [4.78, 5) is 14.7. The number of nitrogens with one attached hydrogen (secondary N) is 1. The minimum Gasteiger partial charge on any atom is -0.335 e. The van der Waals surface area contributed by atoms with Gasteiger partial charge in [-0.3, -0.25) is 0 Å². The lowest BCUT2D eigenvalue weighted by atomic mass is 9.68. The summed E-state index contributed by atoms with van der Waals surface area (Å²) in [5.74, 6) is 0.310. The maximum Gasteiger partial charge on any atom is 0.317 e. The fourth-order valence-electron chi connectivity index (χ4n) is 6.23. The van der Waals surface area contributed by atoms with E-state index in [4.69, 9.17) is 0 Å². The highest BCUT2D eigenvalue weighted by molar-refractivity contribution is 5.74. The average molecular weight is 451 g/mol. The number of amides is 2. The molecular weight excluding hydrogens is 415 g/mol. The Bertz CT molecular complexity index is 1040. The molecular formula is C27H35FN4O. The van der Waals surface area contributed by atoms with Crippen molar-refractivity contribution in [2.24, 2.45) is 11.3 Å². The van der Waals surface area contributed by atoms with Crippen LogP contribution in [0.2, 0.25) is 0 Å². The van der Waals surface area contributed by atoms with Gasteiger partial charge in [-0.05, 0) is 92.2 Å². The molecule has 0 radical (unpaired) electrons. The zero-order chi connectivity index (χ0) is 23.0. The van der Waals surface area contributed by atoms with Gasteiger partial charge in [0.2, 0.25) is 0 Å². The van der Waals surface area contributed by atoms with E-state index in [0.29, 0.717) is 5.92 Å². The molecule has 5 rings (SSSR count). The van der Waals surface area contributed by atoms with Crippen LogP contribution in [0.5, 0.6) is 0 Å². The smallest absolute Gasteiger partial charge is 0.317 e. The normalized spacial score (nSPS) is 24.9. The monoisotopic (exact) mass is 450 g/mol. The number of hydrogen-bond acceptors (Lipinski definition) is 2. The Hall–Kier alpha value is -2.63. The number of fused-ring (bicyclic) bond motifs is 2. The van der Waals surface area contributed by atoms with Crippen molar-refractivity contribution in [1.29, 1.82) is 0 Å². The third-order valence-electron chi connectivity index (χ3n) is 8.15. The quantitative estimate of drug-likeness (QED) is 0.611. The van der Waals surface area contributed by atoms with Crippen molar-refractivity contribution >= 4 is 12.1 Å². The number of likely N-dealkylation sites (tertiary alicyclic amines) is 1. The van der Waals surface area contributed by atoms with E-state index in [0.717, 1.165) is 75.8 Å². The summed E-state index contributed by atoms with van der Waals surface area (Å²) in [5.41, 5.74) is 4.87. The van der Waals surface area contributed by atoms with E-state index in [1.54, 1.807) is 12.1 Å². The lowest BCUT2D eigenvalue weighted by molar-refractivity contribution is 0.190. The van der Waals surface area contributed by atoms with E-state index >= 15 is 0 Å². The van der Waals surface area contributed by atoms with E-state index < -0.39 is 0 Å². The number of allylic oxidation sites excluding steroid dienone is 1. The highest BCUT2D eigenvalue weighted by Gasteiger charge is 2.46. The molecule has 1 aliphatic heterocycles. The number of nitrogens with zero attached hydrogens (tertiary/aromatic N) is 3. The Morgan fingerprint density at radius 1 is 1.27 bits per heavy atom. The van der Waals surface area contributed by atoms with Crippen LogP contribution in [0.3, 0.4) is 0 Å². The first-order valence-electron chi connectivity index (χ1n) is 12.6. The number of rotatable bonds is 6. The van der Waals surface area contributed by atoms with Gasteiger partial charge in [0.1, 0.15) is 5.82 Å². The van der Waals surface area contributed by atoms with Crippen LogP contribution in [0.25, 0.3) is 11.8 Å². The van der Waals surface area contributed by atoms with Crippen molar-refractivity contribution < 1.29 is 9.18 Å². The Balaban J connectivity index is 1.34. The number of benzene rings is 1. The van der Waals surface area contributed by atoms with Crippen molar-refractivity contribution in [1.82, 2.24) is 20.0 Å². The van der Waals surface area contributed by atoms with Gasteiger partial charge in [-0.2, -0.15) is 5.10 Å². The number of carbonyl (C=O) groups is 1. The second-order valence-corrected chi connectivity index (χ2v) is 10.3. The first kappa shape index (κ1) is 22.2. The summed E-state index contributed by atoms with van der Waals surface area (Å²) in [5, 5.41) is 8.01. The molecule has 2 aliphatic carbocycles. The van der Waals surface area contributed by atoms with Gasteiger partial charge in [0.15, 0.2) is 0 Å². The van der Waals surface area contributed by atoms with Gasteiger partial charge in [0.05, 0.1) is 17.6 Å². The number of hydrogen-bond donors (Lipinski definition) is 1. The number of urea groups is 1. The molecule has 5 nitrogen and oxygen atoms in total. The molecule has 176 valence electrons. The zero-order valence-corrected chi connectivity index (χ0v) is 19.8. The summed E-state index contributed by atoms with van der Waals surface area (Å²) < 4.78 is 15.3. The van der Waals surface area contributed by atoms with Crippen LogP contribution in [0.1, 0.15) is 70.1 Å². The van der Waals surface area contributed by atoms with Crippen LogP contribution in [-0.4, -0.2) is 39.8 Å². The second kappa shape index (κ2) is 8.96. The first-order chi connectivity index (χ1) is 16.0. The molecule has 0 spiro atoms. The van der Waals surface area contributed by atoms with Crippen LogP contribution >= 0.6 is 0 Å².